The number of halogens is 1. The summed E-state index contributed by atoms with van der Waals surface area (Å²) in [6.45, 7) is 1.52. The van der Waals surface area contributed by atoms with Gasteiger partial charge in [-0.15, -0.1) is 5.10 Å². The molecule has 3 heterocycles. The molecule has 2 aliphatic rings. The van der Waals surface area contributed by atoms with E-state index in [0.717, 1.165) is 12.1 Å². The highest BCUT2D eigenvalue weighted by molar-refractivity contribution is 6.30. The number of ether oxygens (including phenoxy) is 1. The van der Waals surface area contributed by atoms with Gasteiger partial charge in [-0.1, -0.05) is 11.6 Å². The average molecular weight is 387 g/mol. The molecule has 0 unspecified atom stereocenters. The summed E-state index contributed by atoms with van der Waals surface area (Å²) in [7, 11) is 0. The second kappa shape index (κ2) is 7.52. The van der Waals surface area contributed by atoms with Crippen molar-refractivity contribution in [1.82, 2.24) is 15.1 Å². The second-order valence-electron chi connectivity index (χ2n) is 6.76. The van der Waals surface area contributed by atoms with Crippen LogP contribution in [0, 0.1) is 5.92 Å². The van der Waals surface area contributed by atoms with Gasteiger partial charge in [0.25, 0.3) is 0 Å². The lowest BCUT2D eigenvalue weighted by molar-refractivity contribution is -0.135. The highest BCUT2D eigenvalue weighted by Crippen LogP contribution is 2.28. The predicted octanol–water partition coefficient (Wildman–Crippen LogP) is 2.16. The van der Waals surface area contributed by atoms with Gasteiger partial charge in [-0.2, -0.15) is 5.10 Å². The molecule has 2 fully saturated rings. The minimum atomic E-state index is -0.330. The molecule has 0 spiro atoms. The van der Waals surface area contributed by atoms with Crippen LogP contribution in [0.5, 0.6) is 5.88 Å². The van der Waals surface area contributed by atoms with Crippen molar-refractivity contribution >= 4 is 29.1 Å². The van der Waals surface area contributed by atoms with Crippen molar-refractivity contribution < 1.29 is 14.3 Å². The summed E-state index contributed by atoms with van der Waals surface area (Å²) < 4.78 is 5.78. The first-order chi connectivity index (χ1) is 13.1. The molecule has 8 heteroatoms. The Morgan fingerprint density at radius 1 is 1.19 bits per heavy atom. The van der Waals surface area contributed by atoms with E-state index in [1.165, 1.54) is 0 Å². The summed E-state index contributed by atoms with van der Waals surface area (Å²) in [5, 5.41) is 8.32. The average Bonchev–Trinajstić information content (AvgIpc) is 3.30. The van der Waals surface area contributed by atoms with Crippen molar-refractivity contribution in [2.75, 3.05) is 24.5 Å². The molecule has 2 saturated heterocycles. The van der Waals surface area contributed by atoms with Gasteiger partial charge >= 0.3 is 0 Å². The largest absolute Gasteiger partial charge is 0.471 e. The highest BCUT2D eigenvalue weighted by Gasteiger charge is 2.39. The van der Waals surface area contributed by atoms with Gasteiger partial charge in [0, 0.05) is 48.9 Å². The minimum Gasteiger partial charge on any atom is -0.471 e. The molecular formula is C19H19ClN4O3. The smallest absolute Gasteiger partial charge is 0.233 e. The molecule has 0 aliphatic carbocycles. The van der Waals surface area contributed by atoms with Crippen LogP contribution < -0.4 is 9.64 Å². The maximum Gasteiger partial charge on any atom is 0.233 e. The van der Waals surface area contributed by atoms with E-state index in [1.54, 1.807) is 52.4 Å². The van der Waals surface area contributed by atoms with Crippen molar-refractivity contribution in [3.05, 3.63) is 47.6 Å². The molecule has 27 heavy (non-hydrogen) atoms. The van der Waals surface area contributed by atoms with Gasteiger partial charge < -0.3 is 14.5 Å². The molecule has 7 nitrogen and oxygen atoms in total. The number of rotatable bonds is 4. The summed E-state index contributed by atoms with van der Waals surface area (Å²) in [5.41, 5.74) is 0.769. The van der Waals surface area contributed by atoms with Crippen LogP contribution in [0.1, 0.15) is 12.8 Å². The summed E-state index contributed by atoms with van der Waals surface area (Å²) in [4.78, 5) is 28.7. The summed E-state index contributed by atoms with van der Waals surface area (Å²) in [5.74, 6) is 0.0949. The molecular weight excluding hydrogens is 368 g/mol. The SMILES string of the molecule is O=C([C@H]1CC(=O)N(c2ccc(Cl)cc2)C1)N1CC[C@@H](Oc2cccnn2)C1. The van der Waals surface area contributed by atoms with E-state index in [0.29, 0.717) is 30.5 Å². The van der Waals surface area contributed by atoms with Crippen molar-refractivity contribution in [2.45, 2.75) is 18.9 Å². The molecule has 2 aliphatic heterocycles. The van der Waals surface area contributed by atoms with Gasteiger partial charge in [0.1, 0.15) is 6.10 Å². The fourth-order valence-electron chi connectivity index (χ4n) is 3.55. The summed E-state index contributed by atoms with van der Waals surface area (Å²) in [6.07, 6.45) is 2.45. The predicted molar refractivity (Wildman–Crippen MR) is 99.6 cm³/mol. The van der Waals surface area contributed by atoms with Gasteiger partial charge in [0.2, 0.25) is 17.7 Å². The zero-order valence-corrected chi connectivity index (χ0v) is 15.4. The molecule has 0 bridgehead atoms. The second-order valence-corrected chi connectivity index (χ2v) is 7.19. The molecule has 0 saturated carbocycles. The maximum absolute atomic E-state index is 12.9. The zero-order chi connectivity index (χ0) is 18.8. The normalized spacial score (nSPS) is 22.3. The Balaban J connectivity index is 1.36. The number of carbonyl (C=O) groups is 2. The van der Waals surface area contributed by atoms with Crippen LogP contribution in [0.3, 0.4) is 0 Å². The number of amides is 2. The summed E-state index contributed by atoms with van der Waals surface area (Å²) in [6, 6.07) is 10.6. The van der Waals surface area contributed by atoms with E-state index in [4.69, 9.17) is 16.3 Å². The van der Waals surface area contributed by atoms with Gasteiger partial charge in [0.05, 0.1) is 12.5 Å². The van der Waals surface area contributed by atoms with Gasteiger partial charge in [-0.05, 0) is 30.3 Å². The zero-order valence-electron chi connectivity index (χ0n) is 14.6. The van der Waals surface area contributed by atoms with Crippen LogP contribution in [0.15, 0.2) is 42.6 Å². The molecule has 2 aromatic rings. The lowest BCUT2D eigenvalue weighted by atomic mass is 10.1. The van der Waals surface area contributed by atoms with Gasteiger partial charge in [-0.3, -0.25) is 9.59 Å². The minimum absolute atomic E-state index is 0.00468. The third-order valence-electron chi connectivity index (χ3n) is 4.90. The molecule has 140 valence electrons. The first-order valence-electron chi connectivity index (χ1n) is 8.89. The Bertz CT molecular complexity index is 831. The lowest BCUT2D eigenvalue weighted by Gasteiger charge is -2.21. The Hall–Kier alpha value is -2.67. The Morgan fingerprint density at radius 3 is 2.74 bits per heavy atom. The fourth-order valence-corrected chi connectivity index (χ4v) is 3.67. The maximum atomic E-state index is 12.9. The first kappa shape index (κ1) is 17.7. The first-order valence-corrected chi connectivity index (χ1v) is 9.27. The molecule has 0 N–H and O–H groups in total. The van der Waals surface area contributed by atoms with E-state index >= 15 is 0 Å². The number of likely N-dealkylation sites (tertiary alicyclic amines) is 1. The number of hydrogen-bond donors (Lipinski definition) is 0. The number of hydrogen-bond acceptors (Lipinski definition) is 5. The number of benzene rings is 1. The van der Waals surface area contributed by atoms with Crippen LogP contribution in [-0.2, 0) is 9.59 Å². The van der Waals surface area contributed by atoms with Crippen LogP contribution >= 0.6 is 11.6 Å². The number of carbonyl (C=O) groups excluding carboxylic acids is 2. The third-order valence-corrected chi connectivity index (χ3v) is 5.16. The number of anilines is 1. The van der Waals surface area contributed by atoms with E-state index in [-0.39, 0.29) is 30.3 Å². The van der Waals surface area contributed by atoms with E-state index < -0.39 is 0 Å². The molecule has 0 radical (unpaired) electrons. The van der Waals surface area contributed by atoms with Crippen molar-refractivity contribution in [2.24, 2.45) is 5.92 Å². The van der Waals surface area contributed by atoms with Crippen molar-refractivity contribution in [3.8, 4) is 5.88 Å². The Kier molecular flexibility index (Phi) is 4.94. The third kappa shape index (κ3) is 3.88. The Labute approximate surface area is 161 Å². The van der Waals surface area contributed by atoms with Crippen LogP contribution in [-0.4, -0.2) is 52.6 Å². The Morgan fingerprint density at radius 2 is 2.00 bits per heavy atom. The van der Waals surface area contributed by atoms with E-state index in [1.807, 2.05) is 0 Å². The van der Waals surface area contributed by atoms with Gasteiger partial charge in [0.15, 0.2) is 0 Å². The van der Waals surface area contributed by atoms with Crippen molar-refractivity contribution in [3.63, 3.8) is 0 Å². The molecule has 1 aromatic carbocycles. The van der Waals surface area contributed by atoms with Crippen LogP contribution in [0.25, 0.3) is 0 Å². The fraction of sp³-hybridized carbons (Fsp3) is 0.368. The quantitative estimate of drug-likeness (QED) is 0.804. The summed E-state index contributed by atoms with van der Waals surface area (Å²) >= 11 is 5.91. The van der Waals surface area contributed by atoms with Crippen LogP contribution in [0.2, 0.25) is 5.02 Å². The monoisotopic (exact) mass is 386 g/mol. The molecule has 2 atom stereocenters. The molecule has 2 amide bonds. The van der Waals surface area contributed by atoms with E-state index in [2.05, 4.69) is 10.2 Å². The lowest BCUT2D eigenvalue weighted by Crippen LogP contribution is -2.37. The molecule has 1 aromatic heterocycles. The molecule has 4 rings (SSSR count). The number of aromatic nitrogens is 2. The van der Waals surface area contributed by atoms with Gasteiger partial charge in [-0.25, -0.2) is 0 Å². The standard InChI is InChI=1S/C19H19ClN4O3/c20-14-3-5-15(6-4-14)24-11-13(10-18(24)25)19(26)23-9-7-16(12-23)27-17-2-1-8-21-22-17/h1-6,8,13,16H,7,9-12H2/t13-,16+/m0/s1. The number of nitrogens with zero attached hydrogens (tertiary/aromatic N) is 4. The van der Waals surface area contributed by atoms with Crippen LogP contribution in [0.4, 0.5) is 5.69 Å². The topological polar surface area (TPSA) is 75.6 Å². The highest BCUT2D eigenvalue weighted by atomic mass is 35.5. The van der Waals surface area contributed by atoms with E-state index in [9.17, 15) is 9.59 Å². The van der Waals surface area contributed by atoms with Crippen molar-refractivity contribution in [1.29, 1.82) is 0 Å².